The largest absolute Gasteiger partial charge is 0.314 e. The molecule has 0 bridgehead atoms. The third-order valence-corrected chi connectivity index (χ3v) is 3.71. The molecule has 0 aliphatic carbocycles. The van der Waals surface area contributed by atoms with Gasteiger partial charge in [0.15, 0.2) is 23.3 Å². The minimum absolute atomic E-state index is 0. The molecule has 1 N–H and O–H groups in total. The second-order valence-corrected chi connectivity index (χ2v) is 5.45. The van der Waals surface area contributed by atoms with E-state index in [1.54, 1.807) is 11.8 Å². The van der Waals surface area contributed by atoms with E-state index >= 15 is 0 Å². The molecule has 1 aromatic rings. The molecule has 24 heavy (non-hydrogen) atoms. The van der Waals surface area contributed by atoms with Crippen LogP contribution in [0, 0.1) is 29.1 Å². The maximum Gasteiger partial charge on any atom is 0.200 e. The predicted octanol–water partition coefficient (Wildman–Crippen LogP) is 4.14. The fourth-order valence-corrected chi connectivity index (χ4v) is 2.65. The standard InChI is InChI=1S/C15H17F5N2.2ClH/c1-8(2)7-9(22-5-3-21-4-6-22)10-11(16)13(18)15(20)14(19)12(10)17;;/h9,21H,1,3-7H2,2H3;2*1H/t9-;;/m0../s1. The molecule has 1 atom stereocenters. The Labute approximate surface area is 149 Å². The quantitative estimate of drug-likeness (QED) is 0.358. The first-order valence-corrected chi connectivity index (χ1v) is 6.95. The average molecular weight is 393 g/mol. The fourth-order valence-electron chi connectivity index (χ4n) is 2.65. The van der Waals surface area contributed by atoms with Crippen LogP contribution < -0.4 is 5.32 Å². The highest BCUT2D eigenvalue weighted by molar-refractivity contribution is 5.85. The number of hydrogen-bond acceptors (Lipinski definition) is 2. The first-order chi connectivity index (χ1) is 10.3. The van der Waals surface area contributed by atoms with Crippen LogP contribution in [0.4, 0.5) is 22.0 Å². The van der Waals surface area contributed by atoms with Crippen molar-refractivity contribution in [1.29, 1.82) is 0 Å². The molecule has 1 heterocycles. The summed E-state index contributed by atoms with van der Waals surface area (Å²) < 4.78 is 68.2. The summed E-state index contributed by atoms with van der Waals surface area (Å²) in [6, 6.07) is -0.927. The van der Waals surface area contributed by atoms with Gasteiger partial charge in [-0.1, -0.05) is 5.57 Å². The second-order valence-electron chi connectivity index (χ2n) is 5.45. The molecule has 0 unspecified atom stereocenters. The lowest BCUT2D eigenvalue weighted by Crippen LogP contribution is -2.45. The Bertz CT molecular complexity index is 563. The zero-order valence-corrected chi connectivity index (χ0v) is 14.6. The normalized spacial score (nSPS) is 16.1. The van der Waals surface area contributed by atoms with Crippen LogP contribution in [0.25, 0.3) is 0 Å². The number of nitrogens with one attached hydrogen (secondary N) is 1. The number of nitrogens with zero attached hydrogens (tertiary/aromatic N) is 1. The highest BCUT2D eigenvalue weighted by Gasteiger charge is 2.33. The van der Waals surface area contributed by atoms with E-state index in [1.165, 1.54) is 0 Å². The summed E-state index contributed by atoms with van der Waals surface area (Å²) in [5, 5.41) is 3.08. The third kappa shape index (κ3) is 4.59. The first kappa shape index (κ1) is 23.1. The summed E-state index contributed by atoms with van der Waals surface area (Å²) in [7, 11) is 0. The Balaban J connectivity index is 0.00000264. The van der Waals surface area contributed by atoms with Gasteiger partial charge in [0.25, 0.3) is 0 Å². The molecule has 0 saturated carbocycles. The SMILES string of the molecule is C=C(C)C[C@@H](c1c(F)c(F)c(F)c(F)c1F)N1CCNCC1.Cl.Cl. The van der Waals surface area contributed by atoms with Gasteiger partial charge in [0.05, 0.1) is 0 Å². The number of rotatable bonds is 4. The molecule has 0 spiro atoms. The summed E-state index contributed by atoms with van der Waals surface area (Å²) >= 11 is 0. The molecular formula is C15H19Cl2F5N2. The van der Waals surface area contributed by atoms with Gasteiger partial charge >= 0.3 is 0 Å². The number of hydrogen-bond donors (Lipinski definition) is 1. The van der Waals surface area contributed by atoms with E-state index in [0.717, 1.165) is 0 Å². The number of piperazine rings is 1. The summed E-state index contributed by atoms with van der Waals surface area (Å²) in [4.78, 5) is 1.71. The van der Waals surface area contributed by atoms with Crippen molar-refractivity contribution in [2.24, 2.45) is 0 Å². The Morgan fingerprint density at radius 2 is 1.38 bits per heavy atom. The Hall–Kier alpha value is -0.890. The van der Waals surface area contributed by atoms with Gasteiger partial charge in [-0.25, -0.2) is 22.0 Å². The maximum absolute atomic E-state index is 14.1. The van der Waals surface area contributed by atoms with Crippen LogP contribution in [0.3, 0.4) is 0 Å². The lowest BCUT2D eigenvalue weighted by atomic mass is 9.96. The van der Waals surface area contributed by atoms with E-state index in [9.17, 15) is 22.0 Å². The maximum atomic E-state index is 14.1. The zero-order chi connectivity index (χ0) is 16.4. The van der Waals surface area contributed by atoms with Crippen molar-refractivity contribution in [2.45, 2.75) is 19.4 Å². The summed E-state index contributed by atoms with van der Waals surface area (Å²) in [5.41, 5.74) is -0.172. The van der Waals surface area contributed by atoms with Gasteiger partial charge in [0.1, 0.15) is 0 Å². The van der Waals surface area contributed by atoms with Crippen molar-refractivity contribution < 1.29 is 22.0 Å². The lowest BCUT2D eigenvalue weighted by molar-refractivity contribution is 0.163. The molecule has 0 amide bonds. The van der Waals surface area contributed by atoms with Gasteiger partial charge in [0, 0.05) is 37.8 Å². The first-order valence-electron chi connectivity index (χ1n) is 6.95. The predicted molar refractivity (Wildman–Crippen MR) is 87.3 cm³/mol. The minimum atomic E-state index is -2.13. The van der Waals surface area contributed by atoms with Gasteiger partial charge in [0.2, 0.25) is 5.82 Å². The van der Waals surface area contributed by atoms with Crippen molar-refractivity contribution in [3.05, 3.63) is 46.8 Å². The van der Waals surface area contributed by atoms with Gasteiger partial charge < -0.3 is 5.32 Å². The molecule has 9 heteroatoms. The second kappa shape index (κ2) is 9.56. The van der Waals surface area contributed by atoms with Crippen molar-refractivity contribution in [3.63, 3.8) is 0 Å². The number of benzene rings is 1. The lowest BCUT2D eigenvalue weighted by Gasteiger charge is -2.35. The van der Waals surface area contributed by atoms with Crippen LogP contribution in [0.2, 0.25) is 0 Å². The van der Waals surface area contributed by atoms with Crippen LogP contribution in [0.1, 0.15) is 24.9 Å². The van der Waals surface area contributed by atoms with Crippen molar-refractivity contribution in [2.75, 3.05) is 26.2 Å². The Morgan fingerprint density at radius 3 is 1.79 bits per heavy atom. The van der Waals surface area contributed by atoms with Crippen molar-refractivity contribution in [1.82, 2.24) is 10.2 Å². The van der Waals surface area contributed by atoms with Crippen molar-refractivity contribution >= 4 is 24.8 Å². The zero-order valence-electron chi connectivity index (χ0n) is 13.0. The van der Waals surface area contributed by atoms with Crippen LogP contribution in [0.15, 0.2) is 12.2 Å². The van der Waals surface area contributed by atoms with Gasteiger partial charge in [-0.2, -0.15) is 0 Å². The van der Waals surface area contributed by atoms with E-state index in [2.05, 4.69) is 11.9 Å². The molecule has 1 aliphatic rings. The van der Waals surface area contributed by atoms with E-state index in [1.807, 2.05) is 0 Å². The Morgan fingerprint density at radius 1 is 0.958 bits per heavy atom. The van der Waals surface area contributed by atoms with Crippen molar-refractivity contribution in [3.8, 4) is 0 Å². The molecule has 1 aromatic carbocycles. The van der Waals surface area contributed by atoms with E-state index < -0.39 is 40.7 Å². The van der Waals surface area contributed by atoms with E-state index in [-0.39, 0.29) is 31.2 Å². The number of halogens is 7. The molecule has 2 nitrogen and oxygen atoms in total. The van der Waals surface area contributed by atoms with Gasteiger partial charge in [-0.05, 0) is 13.3 Å². The molecule has 0 aromatic heterocycles. The van der Waals surface area contributed by atoms with Crippen LogP contribution in [-0.4, -0.2) is 31.1 Å². The van der Waals surface area contributed by atoms with Gasteiger partial charge in [-0.3, -0.25) is 4.90 Å². The molecule has 0 radical (unpaired) electrons. The molecular weight excluding hydrogens is 374 g/mol. The minimum Gasteiger partial charge on any atom is -0.314 e. The summed E-state index contributed by atoms with van der Waals surface area (Å²) in [6.07, 6.45) is 0.123. The highest BCUT2D eigenvalue weighted by Crippen LogP contribution is 2.34. The average Bonchev–Trinajstić information content (AvgIpc) is 2.50. The Kier molecular flexibility index (Phi) is 9.20. The third-order valence-electron chi connectivity index (χ3n) is 3.71. The molecule has 1 aliphatic heterocycles. The monoisotopic (exact) mass is 392 g/mol. The topological polar surface area (TPSA) is 15.3 Å². The van der Waals surface area contributed by atoms with E-state index in [0.29, 0.717) is 31.8 Å². The van der Waals surface area contributed by atoms with Crippen LogP contribution in [0.5, 0.6) is 0 Å². The fraction of sp³-hybridized carbons (Fsp3) is 0.467. The smallest absolute Gasteiger partial charge is 0.200 e. The van der Waals surface area contributed by atoms with E-state index in [4.69, 9.17) is 0 Å². The summed E-state index contributed by atoms with van der Waals surface area (Å²) in [5.74, 6) is -9.47. The van der Waals surface area contributed by atoms with Crippen LogP contribution >= 0.6 is 24.8 Å². The molecule has 1 saturated heterocycles. The van der Waals surface area contributed by atoms with Gasteiger partial charge in [-0.15, -0.1) is 31.4 Å². The molecule has 138 valence electrons. The molecule has 1 fully saturated rings. The van der Waals surface area contributed by atoms with Crippen LogP contribution in [-0.2, 0) is 0 Å². The highest BCUT2D eigenvalue weighted by atomic mass is 35.5. The summed E-state index contributed by atoms with van der Waals surface area (Å²) in [6.45, 7) is 7.42. The molecule has 2 rings (SSSR count).